The van der Waals surface area contributed by atoms with Crippen LogP contribution in [0, 0.1) is 10.8 Å². The zero-order valence-electron chi connectivity index (χ0n) is 13.6. The SMILES string of the molecule is CC(C)(C)[C@H]1COC2=C3OC[C@H](C(C)(C)C)N3P(=O)(O)N21. The van der Waals surface area contributed by atoms with Gasteiger partial charge < -0.3 is 14.4 Å². The molecule has 0 aromatic rings. The van der Waals surface area contributed by atoms with Gasteiger partial charge in [-0.25, -0.2) is 13.9 Å². The topological polar surface area (TPSA) is 62.2 Å². The maximum atomic E-state index is 13.2. The van der Waals surface area contributed by atoms with Crippen LogP contribution in [0.2, 0.25) is 0 Å². The molecule has 1 N–H and O–H groups in total. The summed E-state index contributed by atoms with van der Waals surface area (Å²) in [5.74, 6) is 0.875. The Balaban J connectivity index is 2.05. The first kappa shape index (κ1) is 15.0. The molecule has 21 heavy (non-hydrogen) atoms. The second-order valence-electron chi connectivity index (χ2n) is 8.20. The first-order valence-electron chi connectivity index (χ1n) is 7.38. The van der Waals surface area contributed by atoms with Crippen molar-refractivity contribution in [3.8, 4) is 0 Å². The molecule has 3 rings (SSSR count). The Kier molecular flexibility index (Phi) is 2.94. The van der Waals surface area contributed by atoms with E-state index in [1.165, 1.54) is 0 Å². The van der Waals surface area contributed by atoms with Crippen molar-refractivity contribution in [3.05, 3.63) is 11.8 Å². The summed E-state index contributed by atoms with van der Waals surface area (Å²) in [5, 5.41) is 0. The minimum absolute atomic E-state index is 0.134. The van der Waals surface area contributed by atoms with E-state index in [-0.39, 0.29) is 22.9 Å². The lowest BCUT2D eigenvalue weighted by Gasteiger charge is -2.38. The van der Waals surface area contributed by atoms with E-state index in [2.05, 4.69) is 41.5 Å². The number of nitrogens with zero attached hydrogens (tertiary/aromatic N) is 2. The van der Waals surface area contributed by atoms with Crippen molar-refractivity contribution >= 4 is 7.67 Å². The number of hydrogen-bond acceptors (Lipinski definition) is 3. The van der Waals surface area contributed by atoms with Crippen molar-refractivity contribution in [2.75, 3.05) is 13.2 Å². The minimum Gasteiger partial charge on any atom is -0.473 e. The quantitative estimate of drug-likeness (QED) is 0.693. The molecule has 0 radical (unpaired) electrons. The maximum absolute atomic E-state index is 13.2. The second-order valence-corrected chi connectivity index (χ2v) is 10.1. The molecule has 3 aliphatic rings. The minimum atomic E-state index is -3.71. The van der Waals surface area contributed by atoms with Gasteiger partial charge in [0.25, 0.3) is 11.8 Å². The van der Waals surface area contributed by atoms with Gasteiger partial charge in [-0.3, -0.25) is 0 Å². The Morgan fingerprint density at radius 2 is 1.29 bits per heavy atom. The van der Waals surface area contributed by atoms with E-state index in [0.717, 1.165) is 0 Å². The summed E-state index contributed by atoms with van der Waals surface area (Å²) in [6, 6.07) is -0.267. The molecule has 120 valence electrons. The van der Waals surface area contributed by atoms with Gasteiger partial charge in [0.1, 0.15) is 13.2 Å². The summed E-state index contributed by atoms with van der Waals surface area (Å²) < 4.78 is 27.7. The highest BCUT2D eigenvalue weighted by Crippen LogP contribution is 2.67. The highest BCUT2D eigenvalue weighted by atomic mass is 31.2. The highest BCUT2D eigenvalue weighted by Gasteiger charge is 2.63. The van der Waals surface area contributed by atoms with E-state index in [0.29, 0.717) is 25.0 Å². The van der Waals surface area contributed by atoms with Gasteiger partial charge in [-0.2, -0.15) is 0 Å². The lowest BCUT2D eigenvalue weighted by Crippen LogP contribution is -2.43. The third-order valence-corrected chi connectivity index (χ3v) is 6.55. The first-order chi connectivity index (χ1) is 9.45. The van der Waals surface area contributed by atoms with E-state index in [4.69, 9.17) is 9.47 Å². The molecule has 0 unspecified atom stereocenters. The Bertz CT molecular complexity index is 502. The second kappa shape index (κ2) is 4.11. The Morgan fingerprint density at radius 3 is 1.57 bits per heavy atom. The molecule has 0 bridgehead atoms. The summed E-state index contributed by atoms with van der Waals surface area (Å²) in [4.78, 5) is 10.8. The number of ether oxygens (including phenoxy) is 2. The average Bonchev–Trinajstić information content (AvgIpc) is 2.93. The fourth-order valence-corrected chi connectivity index (χ4v) is 5.65. The van der Waals surface area contributed by atoms with Crippen LogP contribution in [0.1, 0.15) is 41.5 Å². The van der Waals surface area contributed by atoms with Gasteiger partial charge in [-0.05, 0) is 10.8 Å². The van der Waals surface area contributed by atoms with Crippen LogP contribution >= 0.6 is 7.67 Å². The van der Waals surface area contributed by atoms with Gasteiger partial charge in [0.2, 0.25) is 0 Å². The van der Waals surface area contributed by atoms with Crippen LogP contribution in [0.4, 0.5) is 0 Å². The van der Waals surface area contributed by atoms with E-state index in [1.807, 2.05) is 0 Å². The molecular formula is C14H25N2O4P. The van der Waals surface area contributed by atoms with Gasteiger partial charge in [0.05, 0.1) is 12.1 Å². The van der Waals surface area contributed by atoms with Gasteiger partial charge in [-0.1, -0.05) is 41.5 Å². The molecule has 3 aliphatic heterocycles. The molecule has 7 heteroatoms. The molecule has 0 saturated carbocycles. The van der Waals surface area contributed by atoms with E-state index in [1.54, 1.807) is 9.34 Å². The van der Waals surface area contributed by atoms with Crippen molar-refractivity contribution in [2.24, 2.45) is 10.8 Å². The van der Waals surface area contributed by atoms with Crippen molar-refractivity contribution in [2.45, 2.75) is 53.6 Å². The summed E-state index contributed by atoms with van der Waals surface area (Å²) in [6.07, 6.45) is 0. The van der Waals surface area contributed by atoms with E-state index >= 15 is 0 Å². The fraction of sp³-hybridized carbons (Fsp3) is 0.857. The molecule has 0 aliphatic carbocycles. The lowest BCUT2D eigenvalue weighted by molar-refractivity contribution is 0.176. The van der Waals surface area contributed by atoms with Crippen molar-refractivity contribution in [3.63, 3.8) is 0 Å². The van der Waals surface area contributed by atoms with Crippen molar-refractivity contribution in [1.82, 2.24) is 9.34 Å². The largest absolute Gasteiger partial charge is 0.473 e. The predicted molar refractivity (Wildman–Crippen MR) is 78.9 cm³/mol. The lowest BCUT2D eigenvalue weighted by atomic mass is 9.88. The molecule has 0 aromatic heterocycles. The normalized spacial score (nSPS) is 31.2. The van der Waals surface area contributed by atoms with Gasteiger partial charge in [0, 0.05) is 0 Å². The molecule has 6 nitrogen and oxygen atoms in total. The molecular weight excluding hydrogens is 291 g/mol. The van der Waals surface area contributed by atoms with Gasteiger partial charge in [0.15, 0.2) is 0 Å². The van der Waals surface area contributed by atoms with Crippen LogP contribution in [0.25, 0.3) is 0 Å². The summed E-state index contributed by atoms with van der Waals surface area (Å²) in [6.45, 7) is 13.2. The Morgan fingerprint density at radius 1 is 0.952 bits per heavy atom. The van der Waals surface area contributed by atoms with Crippen LogP contribution in [-0.2, 0) is 14.0 Å². The van der Waals surface area contributed by atoms with Crippen LogP contribution in [-0.4, -0.2) is 39.5 Å². The molecule has 0 amide bonds. The first-order valence-corrected chi connectivity index (χ1v) is 8.94. The fourth-order valence-electron chi connectivity index (χ4n) is 3.13. The molecule has 2 saturated heterocycles. The Hall–Kier alpha value is -0.870. The third-order valence-electron chi connectivity index (χ3n) is 4.51. The number of fused-ring (bicyclic) bond motifs is 2. The molecule has 0 aromatic carbocycles. The Labute approximate surface area is 126 Å². The van der Waals surface area contributed by atoms with Gasteiger partial charge in [-0.15, -0.1) is 0 Å². The molecule has 0 spiro atoms. The summed E-state index contributed by atoms with van der Waals surface area (Å²) in [7, 11) is -3.71. The molecule has 2 fully saturated rings. The third kappa shape index (κ3) is 1.99. The van der Waals surface area contributed by atoms with Gasteiger partial charge >= 0.3 is 7.67 Å². The molecule has 3 heterocycles. The smallest absolute Gasteiger partial charge is 0.400 e. The van der Waals surface area contributed by atoms with Crippen molar-refractivity contribution < 1.29 is 18.9 Å². The summed E-state index contributed by atoms with van der Waals surface area (Å²) >= 11 is 0. The highest BCUT2D eigenvalue weighted by molar-refractivity contribution is 7.53. The summed E-state index contributed by atoms with van der Waals surface area (Å²) in [5.41, 5.74) is -0.310. The average molecular weight is 316 g/mol. The zero-order chi connectivity index (χ0) is 15.8. The standard InChI is InChI=1S/C14H25N2O4P/c1-13(2,3)9-7-19-11-12-16(21(17,18)15(9)11)10(8-20-12)14(4,5)6/h9-10H,7-8H2,1-6H3,(H,17,18)/t9-,10-/m1/s1. The van der Waals surface area contributed by atoms with Crippen LogP contribution in [0.5, 0.6) is 0 Å². The predicted octanol–water partition coefficient (Wildman–Crippen LogP) is 2.72. The number of rotatable bonds is 0. The van der Waals surface area contributed by atoms with E-state index in [9.17, 15) is 9.46 Å². The van der Waals surface area contributed by atoms with Crippen LogP contribution < -0.4 is 0 Å². The van der Waals surface area contributed by atoms with Crippen LogP contribution in [0.15, 0.2) is 11.8 Å². The van der Waals surface area contributed by atoms with E-state index < -0.39 is 7.67 Å². The van der Waals surface area contributed by atoms with Crippen LogP contribution in [0.3, 0.4) is 0 Å². The molecule has 2 atom stereocenters. The monoisotopic (exact) mass is 316 g/mol. The maximum Gasteiger partial charge on any atom is 0.400 e. The van der Waals surface area contributed by atoms with Crippen molar-refractivity contribution in [1.29, 1.82) is 0 Å². The zero-order valence-corrected chi connectivity index (χ0v) is 14.5. The number of hydrogen-bond donors (Lipinski definition) is 1.